The number of allylic oxidation sites excluding steroid dienone is 29. The van der Waals surface area contributed by atoms with Crippen molar-refractivity contribution in [3.8, 4) is 0 Å². The topological polar surface area (TPSA) is 0 Å². The molecule has 0 aromatic heterocycles. The van der Waals surface area contributed by atoms with Gasteiger partial charge in [-0.25, -0.2) is 0 Å². The Morgan fingerprint density at radius 3 is 2.27 bits per heavy atom. The van der Waals surface area contributed by atoms with Crippen molar-refractivity contribution in [2.24, 2.45) is 88.8 Å². The fraction of sp³-hybridized carbons (Fsp3) is 0.577. The summed E-state index contributed by atoms with van der Waals surface area (Å²) in [6, 6.07) is 0. The lowest BCUT2D eigenvalue weighted by Crippen LogP contribution is -2.50. The van der Waals surface area contributed by atoms with Crippen LogP contribution in [0.1, 0.15) is 171 Å². The van der Waals surface area contributed by atoms with E-state index in [-0.39, 0.29) is 0 Å². The molecule has 0 N–H and O–H groups in total. The highest BCUT2D eigenvalue weighted by atomic mass is 14.6. The summed E-state index contributed by atoms with van der Waals surface area (Å²) in [5.74, 6) is 9.54. The van der Waals surface area contributed by atoms with Crippen LogP contribution in [0.25, 0.3) is 0 Å². The molecule has 8 rings (SSSR count). The summed E-state index contributed by atoms with van der Waals surface area (Å²) in [4.78, 5) is 0. The molecule has 3 fully saturated rings. The highest BCUT2D eigenvalue weighted by Gasteiger charge is 2.52. The molecule has 0 aromatic carbocycles. The van der Waals surface area contributed by atoms with Gasteiger partial charge in [0.05, 0.1) is 0 Å². The lowest BCUT2D eigenvalue weighted by atomic mass is 9.48. The monoisotopic (exact) mass is 951 g/mol. The van der Waals surface area contributed by atoms with Gasteiger partial charge in [-0.2, -0.15) is 0 Å². The van der Waals surface area contributed by atoms with E-state index in [1.807, 2.05) is 6.08 Å². The number of rotatable bonds is 20. The van der Waals surface area contributed by atoms with Crippen LogP contribution in [0, 0.1) is 88.8 Å². The molecule has 0 aliphatic heterocycles. The normalized spacial score (nSPS) is 32.3. The average molecular weight is 952 g/mol. The van der Waals surface area contributed by atoms with E-state index < -0.39 is 0 Å². The van der Waals surface area contributed by atoms with E-state index in [9.17, 15) is 0 Å². The Bertz CT molecular complexity index is 2260. The van der Waals surface area contributed by atoms with Crippen LogP contribution in [-0.2, 0) is 0 Å². The van der Waals surface area contributed by atoms with Gasteiger partial charge in [0.1, 0.15) is 0 Å². The molecule has 8 aliphatic rings. The van der Waals surface area contributed by atoms with Crippen LogP contribution in [-0.4, -0.2) is 0 Å². The van der Waals surface area contributed by atoms with Gasteiger partial charge in [-0.05, 0) is 235 Å². The predicted octanol–water partition coefficient (Wildman–Crippen LogP) is 20.5. The van der Waals surface area contributed by atoms with Gasteiger partial charge in [0.25, 0.3) is 0 Å². The van der Waals surface area contributed by atoms with E-state index in [4.69, 9.17) is 0 Å². The third kappa shape index (κ3) is 12.6. The van der Waals surface area contributed by atoms with E-state index in [0.29, 0.717) is 71.0 Å². The van der Waals surface area contributed by atoms with Crippen LogP contribution in [0.2, 0.25) is 0 Å². The van der Waals surface area contributed by atoms with Crippen LogP contribution >= 0.6 is 0 Å². The van der Waals surface area contributed by atoms with Crippen molar-refractivity contribution in [1.29, 1.82) is 0 Å². The molecule has 0 nitrogen and oxygen atoms in total. The van der Waals surface area contributed by atoms with Crippen LogP contribution in [0.3, 0.4) is 0 Å². The summed E-state index contributed by atoms with van der Waals surface area (Å²) in [6.45, 7) is 23.3. The fourth-order valence-electron chi connectivity index (χ4n) is 16.1. The second-order valence-electron chi connectivity index (χ2n) is 24.2. The zero-order valence-corrected chi connectivity index (χ0v) is 46.2. The molecule has 8 aliphatic carbocycles. The van der Waals surface area contributed by atoms with E-state index >= 15 is 0 Å². The first-order chi connectivity index (χ1) is 34.7. The third-order valence-corrected chi connectivity index (χ3v) is 19.6. The van der Waals surface area contributed by atoms with E-state index in [2.05, 4.69) is 183 Å². The summed E-state index contributed by atoms with van der Waals surface area (Å²) in [5, 5.41) is 0. The summed E-state index contributed by atoms with van der Waals surface area (Å²) in [5.41, 5.74) is 12.8. The van der Waals surface area contributed by atoms with Crippen molar-refractivity contribution in [3.05, 3.63) is 179 Å². The van der Waals surface area contributed by atoms with Crippen molar-refractivity contribution < 1.29 is 0 Å². The molecule has 0 radical (unpaired) electrons. The van der Waals surface area contributed by atoms with Gasteiger partial charge in [-0.3, -0.25) is 0 Å². The van der Waals surface area contributed by atoms with Crippen molar-refractivity contribution in [2.75, 3.05) is 0 Å². The quantitative estimate of drug-likeness (QED) is 0.0843. The molecule has 382 valence electrons. The molecule has 0 bridgehead atoms. The first kappa shape index (κ1) is 53.4. The molecule has 0 spiro atoms. The number of hydrogen-bond acceptors (Lipinski definition) is 0. The van der Waals surface area contributed by atoms with Crippen molar-refractivity contribution in [3.63, 3.8) is 0 Å². The zero-order valence-electron chi connectivity index (χ0n) is 46.2. The van der Waals surface area contributed by atoms with Gasteiger partial charge < -0.3 is 0 Å². The molecule has 0 heterocycles. The third-order valence-electron chi connectivity index (χ3n) is 19.6. The Labute approximate surface area is 436 Å². The second-order valence-corrected chi connectivity index (χ2v) is 24.2. The van der Waals surface area contributed by atoms with Gasteiger partial charge in [-0.1, -0.05) is 198 Å². The average Bonchev–Trinajstić information content (AvgIpc) is 4.23. The number of hydrogen-bond donors (Lipinski definition) is 0. The molecular formula is C71H98. The minimum atomic E-state index is 0.388. The lowest BCUT2D eigenvalue weighted by molar-refractivity contribution is -0.0189. The maximum absolute atomic E-state index is 4.21. The highest BCUT2D eigenvalue weighted by molar-refractivity contribution is 5.46. The largest absolute Gasteiger partial charge is 0.0991 e. The van der Waals surface area contributed by atoms with Crippen molar-refractivity contribution in [1.82, 2.24) is 0 Å². The Morgan fingerprint density at radius 1 is 0.789 bits per heavy atom. The highest BCUT2D eigenvalue weighted by Crippen LogP contribution is 2.60. The van der Waals surface area contributed by atoms with Crippen molar-refractivity contribution in [2.45, 2.75) is 171 Å². The van der Waals surface area contributed by atoms with Gasteiger partial charge in [0.2, 0.25) is 0 Å². The SMILES string of the molecule is C=C/C=C(\C=C/C)C(/C1=C/C=CC(C(C)CC(/C=C\C)C2C3C=CC=CC3C(C3=CC=C(C(=CC)CC(C4=C(CCC)CCC=C4)C(C)C)CC3)C3CCCCC32)CC=C1C)C(C1C=CCCC1)C1CC1. The van der Waals surface area contributed by atoms with E-state index in [0.717, 1.165) is 24.2 Å². The maximum Gasteiger partial charge on any atom is 0.0128 e. The summed E-state index contributed by atoms with van der Waals surface area (Å²) >= 11 is 0. The standard InChI is InChI=1S/C71H98/c1-10-25-55-29-18-19-33-62(55)67(49(6)7)48-52(14-5)54-41-43-59(44-42-54)69-63-34-20-22-36-65(63)70(66-37-23-21-35-64(66)69)60(28-13-4)47-51(9)53-32-24-38-61(50(8)39-40-53)71(56(26-11-2)27-12-3)68(58-45-46-58)57-30-16-15-17-31-57/h11-14,16,19-20,22,24,26-28,30,32-34,36,38-39,41,43,49,51,53,57-58,60,63-71H,2,10,15,17-18,21,23,25,29,31,35,37,40,42,44-48H2,1,3-9H3/b27-12-,28-13-,32-24?,50-39?,52-14?,56-26+,61-38+. The first-order valence-corrected chi connectivity index (χ1v) is 29.8. The first-order valence-electron chi connectivity index (χ1n) is 29.8. The summed E-state index contributed by atoms with van der Waals surface area (Å²) < 4.78 is 0. The Kier molecular flexibility index (Phi) is 19.4. The molecule has 13 atom stereocenters. The maximum atomic E-state index is 4.21. The molecule has 0 saturated heterocycles. The Balaban J connectivity index is 1.03. The van der Waals surface area contributed by atoms with Crippen LogP contribution in [0.15, 0.2) is 179 Å². The van der Waals surface area contributed by atoms with Crippen LogP contribution < -0.4 is 0 Å². The summed E-state index contributed by atoms with van der Waals surface area (Å²) in [6.07, 6.45) is 75.6. The van der Waals surface area contributed by atoms with Crippen LogP contribution in [0.5, 0.6) is 0 Å². The fourth-order valence-corrected chi connectivity index (χ4v) is 16.1. The van der Waals surface area contributed by atoms with Gasteiger partial charge in [0.15, 0.2) is 0 Å². The minimum Gasteiger partial charge on any atom is -0.0991 e. The summed E-state index contributed by atoms with van der Waals surface area (Å²) in [7, 11) is 0. The zero-order chi connectivity index (χ0) is 49.9. The molecule has 3 saturated carbocycles. The molecule has 13 unspecified atom stereocenters. The predicted molar refractivity (Wildman–Crippen MR) is 311 cm³/mol. The Morgan fingerprint density at radius 2 is 1.59 bits per heavy atom. The number of fused-ring (bicyclic) bond motifs is 2. The molecule has 0 aromatic rings. The van der Waals surface area contributed by atoms with Gasteiger partial charge in [0, 0.05) is 5.92 Å². The van der Waals surface area contributed by atoms with Gasteiger partial charge >= 0.3 is 0 Å². The van der Waals surface area contributed by atoms with E-state index in [1.165, 1.54) is 126 Å². The lowest BCUT2D eigenvalue weighted by Gasteiger charge is -2.56. The van der Waals surface area contributed by atoms with Crippen molar-refractivity contribution >= 4 is 0 Å². The Hall–Kier alpha value is -3.90. The smallest absolute Gasteiger partial charge is 0.0128 e. The molecule has 0 heteroatoms. The molecular weight excluding hydrogens is 853 g/mol. The van der Waals surface area contributed by atoms with Gasteiger partial charge in [-0.15, -0.1) is 0 Å². The minimum absolute atomic E-state index is 0.388. The van der Waals surface area contributed by atoms with E-state index in [1.54, 1.807) is 27.9 Å². The second kappa shape index (κ2) is 25.9. The van der Waals surface area contributed by atoms with Crippen LogP contribution in [0.4, 0.5) is 0 Å². The molecule has 71 heavy (non-hydrogen) atoms. The molecule has 0 amide bonds.